The molecule has 3 nitrogen and oxygen atoms in total. The highest BCUT2D eigenvalue weighted by molar-refractivity contribution is 5.22. The number of ether oxygens (including phenoxy) is 1. The van der Waals surface area contributed by atoms with E-state index in [-0.39, 0.29) is 6.29 Å². The molecule has 1 aliphatic heterocycles. The molecule has 1 heterocycles. The minimum Gasteiger partial charge on any atom is -0.346 e. The Morgan fingerprint density at radius 2 is 2.00 bits per heavy atom. The number of nitrogens with zero attached hydrogens (tertiary/aromatic N) is 1. The van der Waals surface area contributed by atoms with Crippen LogP contribution in [0.4, 0.5) is 0 Å². The molecule has 0 spiro atoms. The van der Waals surface area contributed by atoms with Gasteiger partial charge in [-0.25, -0.2) is 0 Å². The van der Waals surface area contributed by atoms with Crippen molar-refractivity contribution in [2.24, 2.45) is 0 Å². The summed E-state index contributed by atoms with van der Waals surface area (Å²) in [6.45, 7) is 3.61. The van der Waals surface area contributed by atoms with Crippen LogP contribution in [0, 0.1) is 6.92 Å². The largest absolute Gasteiger partial charge is 0.346 e. The van der Waals surface area contributed by atoms with Crippen LogP contribution in [0.5, 0.6) is 0 Å². The van der Waals surface area contributed by atoms with Gasteiger partial charge in [0.05, 0.1) is 6.61 Å². The summed E-state index contributed by atoms with van der Waals surface area (Å²) >= 11 is 0. The van der Waals surface area contributed by atoms with Gasteiger partial charge in [-0.2, -0.15) is 5.06 Å². The van der Waals surface area contributed by atoms with Gasteiger partial charge in [0.25, 0.3) is 0 Å². The predicted octanol–water partition coefficient (Wildman–Crippen LogP) is 1.89. The maximum Gasteiger partial charge on any atom is 0.203 e. The third kappa shape index (κ3) is 2.12. The second kappa shape index (κ2) is 4.09. The fourth-order valence-corrected chi connectivity index (χ4v) is 1.42. The fourth-order valence-electron chi connectivity index (χ4n) is 1.42. The average molecular weight is 193 g/mol. The van der Waals surface area contributed by atoms with E-state index in [1.54, 1.807) is 0 Å². The minimum atomic E-state index is -0.241. The first kappa shape index (κ1) is 9.65. The highest BCUT2D eigenvalue weighted by Gasteiger charge is 2.19. The molecule has 1 atom stereocenters. The van der Waals surface area contributed by atoms with Gasteiger partial charge in [-0.3, -0.25) is 4.84 Å². The average Bonchev–Trinajstić information content (AvgIpc) is 2.19. The first-order valence-corrected chi connectivity index (χ1v) is 4.82. The Labute approximate surface area is 84.2 Å². The molecule has 1 saturated heterocycles. The van der Waals surface area contributed by atoms with Crippen molar-refractivity contribution >= 4 is 0 Å². The van der Waals surface area contributed by atoms with E-state index in [1.807, 2.05) is 24.2 Å². The van der Waals surface area contributed by atoms with Crippen LogP contribution in [0.1, 0.15) is 17.4 Å². The lowest BCUT2D eigenvalue weighted by molar-refractivity contribution is -0.315. The zero-order chi connectivity index (χ0) is 9.97. The molecule has 0 aromatic heterocycles. The number of aryl methyl sites for hydroxylation is 1. The van der Waals surface area contributed by atoms with Gasteiger partial charge in [-0.1, -0.05) is 29.8 Å². The number of benzene rings is 1. The van der Waals surface area contributed by atoms with Crippen LogP contribution in [-0.4, -0.2) is 25.3 Å². The van der Waals surface area contributed by atoms with Crippen LogP contribution in [0.3, 0.4) is 0 Å². The molecule has 0 N–H and O–H groups in total. The Kier molecular flexibility index (Phi) is 2.82. The van der Waals surface area contributed by atoms with Crippen molar-refractivity contribution in [3.63, 3.8) is 0 Å². The standard InChI is InChI=1S/C11H15NO2/c1-9-3-5-10(6-4-9)11-13-8-7-12(2)14-11/h3-6,11H,7-8H2,1-2H3. The van der Waals surface area contributed by atoms with Gasteiger partial charge < -0.3 is 4.74 Å². The Morgan fingerprint density at radius 3 is 2.64 bits per heavy atom. The molecule has 0 aliphatic carbocycles. The molecule has 2 rings (SSSR count). The maximum atomic E-state index is 5.52. The Bertz CT molecular complexity index is 297. The monoisotopic (exact) mass is 193 g/mol. The number of hydroxylamine groups is 2. The first-order chi connectivity index (χ1) is 6.75. The second-order valence-electron chi connectivity index (χ2n) is 3.57. The van der Waals surface area contributed by atoms with Crippen molar-refractivity contribution in [2.75, 3.05) is 20.2 Å². The van der Waals surface area contributed by atoms with Crippen molar-refractivity contribution in [3.05, 3.63) is 35.4 Å². The van der Waals surface area contributed by atoms with Crippen LogP contribution in [-0.2, 0) is 9.57 Å². The first-order valence-electron chi connectivity index (χ1n) is 4.82. The number of hydrogen-bond donors (Lipinski definition) is 0. The van der Waals surface area contributed by atoms with E-state index in [0.29, 0.717) is 0 Å². The molecule has 1 unspecified atom stereocenters. The Morgan fingerprint density at radius 1 is 1.29 bits per heavy atom. The van der Waals surface area contributed by atoms with Crippen LogP contribution >= 0.6 is 0 Å². The van der Waals surface area contributed by atoms with Crippen LogP contribution < -0.4 is 0 Å². The van der Waals surface area contributed by atoms with E-state index < -0.39 is 0 Å². The Hall–Kier alpha value is -0.900. The lowest BCUT2D eigenvalue weighted by Crippen LogP contribution is -2.33. The molecule has 14 heavy (non-hydrogen) atoms. The van der Waals surface area contributed by atoms with Crippen LogP contribution in [0.15, 0.2) is 24.3 Å². The summed E-state index contributed by atoms with van der Waals surface area (Å²) in [7, 11) is 1.92. The van der Waals surface area contributed by atoms with Crippen molar-refractivity contribution in [1.29, 1.82) is 0 Å². The van der Waals surface area contributed by atoms with E-state index in [9.17, 15) is 0 Å². The maximum absolute atomic E-state index is 5.52. The lowest BCUT2D eigenvalue weighted by Gasteiger charge is -2.29. The smallest absolute Gasteiger partial charge is 0.203 e. The SMILES string of the molecule is Cc1ccc(C2OCCN(C)O2)cc1. The van der Waals surface area contributed by atoms with E-state index >= 15 is 0 Å². The highest BCUT2D eigenvalue weighted by Crippen LogP contribution is 2.22. The summed E-state index contributed by atoms with van der Waals surface area (Å²) in [5, 5.41) is 1.81. The molecular formula is C11H15NO2. The van der Waals surface area contributed by atoms with Crippen molar-refractivity contribution < 1.29 is 9.57 Å². The normalized spacial score (nSPS) is 23.7. The van der Waals surface area contributed by atoms with Gasteiger partial charge in [0, 0.05) is 19.2 Å². The molecule has 0 saturated carbocycles. The quantitative estimate of drug-likeness (QED) is 0.679. The van der Waals surface area contributed by atoms with Crippen LogP contribution in [0.25, 0.3) is 0 Å². The second-order valence-corrected chi connectivity index (χ2v) is 3.57. The zero-order valence-corrected chi connectivity index (χ0v) is 8.56. The van der Waals surface area contributed by atoms with Crippen molar-refractivity contribution in [3.8, 4) is 0 Å². The van der Waals surface area contributed by atoms with E-state index in [4.69, 9.17) is 9.57 Å². The molecule has 3 heteroatoms. The molecule has 1 aliphatic rings. The van der Waals surface area contributed by atoms with Gasteiger partial charge in [0.2, 0.25) is 6.29 Å². The van der Waals surface area contributed by atoms with Crippen molar-refractivity contribution in [1.82, 2.24) is 5.06 Å². The van der Waals surface area contributed by atoms with E-state index in [0.717, 1.165) is 18.7 Å². The van der Waals surface area contributed by atoms with E-state index in [1.165, 1.54) is 5.56 Å². The third-order valence-electron chi connectivity index (χ3n) is 2.30. The van der Waals surface area contributed by atoms with Gasteiger partial charge >= 0.3 is 0 Å². The molecule has 76 valence electrons. The summed E-state index contributed by atoms with van der Waals surface area (Å²) in [5.74, 6) is 0. The van der Waals surface area contributed by atoms with Gasteiger partial charge in [-0.15, -0.1) is 0 Å². The zero-order valence-electron chi connectivity index (χ0n) is 8.56. The highest BCUT2D eigenvalue weighted by atomic mass is 16.8. The Balaban J connectivity index is 2.10. The van der Waals surface area contributed by atoms with Gasteiger partial charge in [0.15, 0.2) is 0 Å². The summed E-state index contributed by atoms with van der Waals surface area (Å²) < 4.78 is 5.51. The molecule has 0 bridgehead atoms. The van der Waals surface area contributed by atoms with Gasteiger partial charge in [0.1, 0.15) is 0 Å². The fraction of sp³-hybridized carbons (Fsp3) is 0.455. The summed E-state index contributed by atoms with van der Waals surface area (Å²) in [6.07, 6.45) is -0.241. The molecule has 1 aromatic rings. The van der Waals surface area contributed by atoms with Crippen LogP contribution in [0.2, 0.25) is 0 Å². The topological polar surface area (TPSA) is 21.7 Å². The molecule has 1 fully saturated rings. The molecule has 0 amide bonds. The van der Waals surface area contributed by atoms with E-state index in [2.05, 4.69) is 19.1 Å². The molecule has 0 radical (unpaired) electrons. The minimum absolute atomic E-state index is 0.241. The third-order valence-corrected chi connectivity index (χ3v) is 2.30. The predicted molar refractivity (Wildman–Crippen MR) is 53.6 cm³/mol. The molecular weight excluding hydrogens is 178 g/mol. The molecule has 1 aromatic carbocycles. The number of rotatable bonds is 1. The van der Waals surface area contributed by atoms with Crippen molar-refractivity contribution in [2.45, 2.75) is 13.2 Å². The summed E-state index contributed by atoms with van der Waals surface area (Å²) in [4.78, 5) is 5.52. The number of likely N-dealkylation sites (N-methyl/N-ethyl adjacent to an activating group) is 1. The summed E-state index contributed by atoms with van der Waals surface area (Å²) in [6, 6.07) is 8.21. The number of hydrogen-bond acceptors (Lipinski definition) is 3. The summed E-state index contributed by atoms with van der Waals surface area (Å²) in [5.41, 5.74) is 2.32. The lowest BCUT2D eigenvalue weighted by atomic mass is 10.1. The van der Waals surface area contributed by atoms with Gasteiger partial charge in [-0.05, 0) is 6.92 Å².